The standard InChI is InChI=1S/C11H22F3NO/c1-4-10(9(2)3)15-6-5-7-16-8-11(12,13)14/h9-10,15H,4-8H2,1-3H3. The van der Waals surface area contributed by atoms with Crippen molar-refractivity contribution < 1.29 is 17.9 Å². The number of hydrogen-bond donors (Lipinski definition) is 1. The van der Waals surface area contributed by atoms with Crippen molar-refractivity contribution in [3.8, 4) is 0 Å². The second-order valence-electron chi connectivity index (χ2n) is 4.23. The molecule has 0 fully saturated rings. The highest BCUT2D eigenvalue weighted by molar-refractivity contribution is 4.67. The van der Waals surface area contributed by atoms with Crippen LogP contribution < -0.4 is 5.32 Å². The van der Waals surface area contributed by atoms with Gasteiger partial charge in [0.2, 0.25) is 0 Å². The minimum Gasteiger partial charge on any atom is -0.372 e. The van der Waals surface area contributed by atoms with E-state index < -0.39 is 12.8 Å². The predicted octanol–water partition coefficient (Wildman–Crippen LogP) is 2.98. The van der Waals surface area contributed by atoms with Crippen molar-refractivity contribution in [3.63, 3.8) is 0 Å². The molecule has 0 aliphatic heterocycles. The molecule has 0 bridgehead atoms. The zero-order valence-electron chi connectivity index (χ0n) is 10.2. The highest BCUT2D eigenvalue weighted by Gasteiger charge is 2.27. The van der Waals surface area contributed by atoms with Gasteiger partial charge in [-0.2, -0.15) is 13.2 Å². The first-order valence-corrected chi connectivity index (χ1v) is 5.74. The second kappa shape index (κ2) is 7.90. The van der Waals surface area contributed by atoms with E-state index in [0.717, 1.165) is 6.42 Å². The average Bonchev–Trinajstić information content (AvgIpc) is 2.14. The number of alkyl halides is 3. The molecule has 0 aliphatic carbocycles. The summed E-state index contributed by atoms with van der Waals surface area (Å²) in [6, 6.07) is 0.433. The molecule has 0 aromatic heterocycles. The Morgan fingerprint density at radius 1 is 1.25 bits per heavy atom. The second-order valence-corrected chi connectivity index (χ2v) is 4.23. The van der Waals surface area contributed by atoms with Gasteiger partial charge < -0.3 is 10.1 Å². The van der Waals surface area contributed by atoms with E-state index in [1.807, 2.05) is 0 Å². The van der Waals surface area contributed by atoms with Crippen molar-refractivity contribution >= 4 is 0 Å². The van der Waals surface area contributed by atoms with E-state index >= 15 is 0 Å². The minimum absolute atomic E-state index is 0.154. The smallest absolute Gasteiger partial charge is 0.372 e. The van der Waals surface area contributed by atoms with Gasteiger partial charge in [-0.25, -0.2) is 0 Å². The third kappa shape index (κ3) is 8.97. The van der Waals surface area contributed by atoms with E-state index in [2.05, 4.69) is 30.8 Å². The Bertz CT molecular complexity index is 171. The molecule has 2 nitrogen and oxygen atoms in total. The van der Waals surface area contributed by atoms with Crippen LogP contribution in [0.15, 0.2) is 0 Å². The van der Waals surface area contributed by atoms with Crippen LogP contribution in [-0.2, 0) is 4.74 Å². The largest absolute Gasteiger partial charge is 0.411 e. The predicted molar refractivity (Wildman–Crippen MR) is 58.4 cm³/mol. The SMILES string of the molecule is CCC(NCCCOCC(F)(F)F)C(C)C. The molecule has 0 amide bonds. The molecular formula is C11H22F3NO. The third-order valence-corrected chi connectivity index (χ3v) is 2.38. The fourth-order valence-corrected chi connectivity index (χ4v) is 1.50. The zero-order valence-corrected chi connectivity index (χ0v) is 10.2. The third-order valence-electron chi connectivity index (χ3n) is 2.38. The molecule has 5 heteroatoms. The van der Waals surface area contributed by atoms with E-state index in [9.17, 15) is 13.2 Å². The lowest BCUT2D eigenvalue weighted by molar-refractivity contribution is -0.173. The van der Waals surface area contributed by atoms with Crippen LogP contribution in [0.3, 0.4) is 0 Å². The molecule has 0 saturated carbocycles. The Labute approximate surface area is 95.5 Å². The molecule has 1 atom stereocenters. The van der Waals surface area contributed by atoms with Crippen LogP contribution in [0.5, 0.6) is 0 Å². The van der Waals surface area contributed by atoms with E-state index in [1.165, 1.54) is 0 Å². The van der Waals surface area contributed by atoms with Crippen LogP contribution in [0.1, 0.15) is 33.6 Å². The molecule has 1 unspecified atom stereocenters. The Hall–Kier alpha value is -0.290. The summed E-state index contributed by atoms with van der Waals surface area (Å²) in [5, 5.41) is 3.31. The molecule has 0 spiro atoms. The van der Waals surface area contributed by atoms with Gasteiger partial charge in [0.05, 0.1) is 0 Å². The molecule has 16 heavy (non-hydrogen) atoms. The van der Waals surface area contributed by atoms with Crippen molar-refractivity contribution in [2.24, 2.45) is 5.92 Å². The number of hydrogen-bond acceptors (Lipinski definition) is 2. The molecule has 0 rings (SSSR count). The molecule has 0 radical (unpaired) electrons. The van der Waals surface area contributed by atoms with Gasteiger partial charge in [0.25, 0.3) is 0 Å². The Kier molecular flexibility index (Phi) is 7.76. The summed E-state index contributed by atoms with van der Waals surface area (Å²) in [5.74, 6) is 0.543. The van der Waals surface area contributed by atoms with E-state index in [1.54, 1.807) is 0 Å². The van der Waals surface area contributed by atoms with Gasteiger partial charge in [0.1, 0.15) is 6.61 Å². The average molecular weight is 241 g/mol. The van der Waals surface area contributed by atoms with E-state index in [4.69, 9.17) is 0 Å². The summed E-state index contributed by atoms with van der Waals surface area (Å²) in [4.78, 5) is 0. The zero-order chi connectivity index (χ0) is 12.6. The van der Waals surface area contributed by atoms with Crippen LogP contribution in [0.25, 0.3) is 0 Å². The molecule has 0 saturated heterocycles. The lowest BCUT2D eigenvalue weighted by Crippen LogP contribution is -2.34. The maximum atomic E-state index is 11.7. The van der Waals surface area contributed by atoms with Crippen LogP contribution in [0.2, 0.25) is 0 Å². The van der Waals surface area contributed by atoms with Gasteiger partial charge in [-0.1, -0.05) is 20.8 Å². The first-order valence-electron chi connectivity index (χ1n) is 5.74. The highest BCUT2D eigenvalue weighted by Crippen LogP contribution is 2.14. The lowest BCUT2D eigenvalue weighted by Gasteiger charge is -2.20. The maximum Gasteiger partial charge on any atom is 0.411 e. The quantitative estimate of drug-likeness (QED) is 0.660. The van der Waals surface area contributed by atoms with Crippen LogP contribution in [0.4, 0.5) is 13.2 Å². The Morgan fingerprint density at radius 3 is 2.31 bits per heavy atom. The first-order chi connectivity index (χ1) is 7.37. The van der Waals surface area contributed by atoms with Crippen molar-refractivity contribution in [3.05, 3.63) is 0 Å². The number of ether oxygens (including phenoxy) is 1. The minimum atomic E-state index is -4.21. The Balaban J connectivity index is 3.39. The molecule has 0 heterocycles. The molecular weight excluding hydrogens is 219 g/mol. The maximum absolute atomic E-state index is 11.7. The monoisotopic (exact) mass is 241 g/mol. The topological polar surface area (TPSA) is 21.3 Å². The molecule has 0 aromatic carbocycles. The fourth-order valence-electron chi connectivity index (χ4n) is 1.50. The summed E-state index contributed by atoms with van der Waals surface area (Å²) in [6.45, 7) is 6.06. The fraction of sp³-hybridized carbons (Fsp3) is 1.00. The normalized spacial score (nSPS) is 14.4. The van der Waals surface area contributed by atoms with Crippen LogP contribution >= 0.6 is 0 Å². The van der Waals surface area contributed by atoms with Crippen molar-refractivity contribution in [2.45, 2.75) is 45.8 Å². The van der Waals surface area contributed by atoms with E-state index in [-0.39, 0.29) is 6.61 Å². The van der Waals surface area contributed by atoms with Gasteiger partial charge >= 0.3 is 6.18 Å². The summed E-state index contributed by atoms with van der Waals surface area (Å²) in [7, 11) is 0. The molecule has 98 valence electrons. The molecule has 0 aliphatic rings. The number of halogens is 3. The molecule has 1 N–H and O–H groups in total. The lowest BCUT2D eigenvalue weighted by atomic mass is 10.0. The van der Waals surface area contributed by atoms with Crippen molar-refractivity contribution in [1.82, 2.24) is 5.32 Å². The van der Waals surface area contributed by atoms with Gasteiger partial charge in [-0.05, 0) is 25.3 Å². The van der Waals surface area contributed by atoms with Crippen LogP contribution in [-0.4, -0.2) is 32.0 Å². The summed E-state index contributed by atoms with van der Waals surface area (Å²) >= 11 is 0. The number of nitrogens with one attached hydrogen (secondary N) is 1. The summed E-state index contributed by atoms with van der Waals surface area (Å²) in [6.07, 6.45) is -2.57. The highest BCUT2D eigenvalue weighted by atomic mass is 19.4. The van der Waals surface area contributed by atoms with Gasteiger partial charge in [-0.15, -0.1) is 0 Å². The summed E-state index contributed by atoms with van der Waals surface area (Å²) in [5.41, 5.74) is 0. The Morgan fingerprint density at radius 2 is 1.88 bits per heavy atom. The van der Waals surface area contributed by atoms with Gasteiger partial charge in [-0.3, -0.25) is 0 Å². The van der Waals surface area contributed by atoms with Gasteiger partial charge in [0.15, 0.2) is 0 Å². The van der Waals surface area contributed by atoms with Crippen LogP contribution in [0, 0.1) is 5.92 Å². The first kappa shape index (κ1) is 15.7. The van der Waals surface area contributed by atoms with Gasteiger partial charge in [0, 0.05) is 12.6 Å². The molecule has 0 aromatic rings. The van der Waals surface area contributed by atoms with Crippen molar-refractivity contribution in [2.75, 3.05) is 19.8 Å². The summed E-state index contributed by atoms with van der Waals surface area (Å²) < 4.78 is 39.6. The number of rotatable bonds is 8. The van der Waals surface area contributed by atoms with Crippen molar-refractivity contribution in [1.29, 1.82) is 0 Å². The van der Waals surface area contributed by atoms with E-state index in [0.29, 0.717) is 24.9 Å².